The second-order valence-corrected chi connectivity index (χ2v) is 13.4. The molecule has 0 radical (unpaired) electrons. The smallest absolute Gasteiger partial charge is 0.338 e. The zero-order valence-electron chi connectivity index (χ0n) is 27.6. The van der Waals surface area contributed by atoms with E-state index in [9.17, 15) is 34.8 Å². The Labute approximate surface area is 289 Å². The predicted octanol–water partition coefficient (Wildman–Crippen LogP) is -0.713. The van der Waals surface area contributed by atoms with Crippen LogP contribution in [0.1, 0.15) is 54.4 Å². The number of carbonyl (C=O) groups excluding carboxylic acids is 3. The van der Waals surface area contributed by atoms with Crippen LogP contribution in [0.4, 0.5) is 0 Å². The van der Waals surface area contributed by atoms with Crippen molar-refractivity contribution in [2.75, 3.05) is 32.9 Å². The molecule has 1 aromatic carbocycles. The summed E-state index contributed by atoms with van der Waals surface area (Å²) in [6, 6.07) is 6.69. The Bertz CT molecular complexity index is 1430. The molecule has 6 rings (SSSR count). The summed E-state index contributed by atoms with van der Waals surface area (Å²) in [6.07, 6.45) is 0.251. The summed E-state index contributed by atoms with van der Waals surface area (Å²) < 4.78 is 30.1. The topological polar surface area (TPSA) is 223 Å². The molecule has 1 aromatic rings. The minimum absolute atomic E-state index is 0.0419. The van der Waals surface area contributed by atoms with Crippen LogP contribution in [0.15, 0.2) is 42.0 Å². The number of carbonyl (C=O) groups is 3. The van der Waals surface area contributed by atoms with E-state index < -0.39 is 73.3 Å². The Kier molecular flexibility index (Phi) is 11.7. The Morgan fingerprint density at radius 1 is 0.960 bits per heavy atom. The normalized spacial score (nSPS) is 31.9. The highest BCUT2D eigenvalue weighted by Crippen LogP contribution is 2.59. The van der Waals surface area contributed by atoms with Crippen LogP contribution in [-0.2, 0) is 33.3 Å². The van der Waals surface area contributed by atoms with Crippen molar-refractivity contribution in [3.63, 3.8) is 0 Å². The molecule has 8 unspecified atom stereocenters. The van der Waals surface area contributed by atoms with E-state index in [1.807, 2.05) is 0 Å². The van der Waals surface area contributed by atoms with Gasteiger partial charge in [-0.2, -0.15) is 0 Å². The molecular weight excluding hydrogens is 656 g/mol. The number of aliphatic hydroxyl groups is 5. The van der Waals surface area contributed by atoms with Crippen molar-refractivity contribution >= 4 is 23.9 Å². The van der Waals surface area contributed by atoms with Crippen molar-refractivity contribution in [1.82, 2.24) is 10.6 Å². The van der Waals surface area contributed by atoms with Gasteiger partial charge in [-0.05, 0) is 49.5 Å². The summed E-state index contributed by atoms with van der Waals surface area (Å²) in [5, 5.41) is 53.6. The molecule has 0 aromatic heterocycles. The molecule has 15 heteroatoms. The van der Waals surface area contributed by atoms with Gasteiger partial charge in [0.15, 0.2) is 12.1 Å². The first-order valence-corrected chi connectivity index (χ1v) is 17.2. The lowest BCUT2D eigenvalue weighted by molar-refractivity contribution is -0.298. The summed E-state index contributed by atoms with van der Waals surface area (Å²) in [7, 11) is 0. The first-order chi connectivity index (χ1) is 24.1. The molecule has 15 nitrogen and oxygen atoms in total. The van der Waals surface area contributed by atoms with E-state index in [0.717, 1.165) is 25.7 Å². The third kappa shape index (κ3) is 8.27. The van der Waals surface area contributed by atoms with Crippen LogP contribution in [0, 0.1) is 11.8 Å². The van der Waals surface area contributed by atoms with Crippen molar-refractivity contribution in [2.24, 2.45) is 11.8 Å². The Hall–Kier alpha value is -3.25. The fraction of sp³-hybridized carbons (Fsp3) is 0.629. The average molecular weight is 703 g/mol. The standard InChI is InChI=1S/C35H46N2O13/c38-13-12-36-27(40)10-11-37-32(44)21-16-24(31-25(17-21)49-35(50-31,22-6-7-22)23-8-9-23)47-33(45)20-5-1-3-19(15-20)4-2-14-46-34-30(43)29(42)28(41)26(18-39)48-34/h1-5,15,17,22-26,28-31,34,38-39,41-43H,6-14,16,18H2,(H,36,40)(H,37,44). The Balaban J connectivity index is 1.09. The molecule has 2 aliphatic heterocycles. The second-order valence-electron chi connectivity index (χ2n) is 13.4. The molecule has 3 aliphatic carbocycles. The molecule has 274 valence electrons. The fourth-order valence-electron chi connectivity index (χ4n) is 6.77. The SMILES string of the molecule is O=C(CCNC(=O)C1=CC2OC(C3CC3)(C3CC3)OC2C(OC(=O)c2cccc(C=CCOC3OC(CO)C(O)C(O)C3O)c2)C1)NCCO. The van der Waals surface area contributed by atoms with Gasteiger partial charge < -0.3 is 59.9 Å². The number of nitrogens with one attached hydrogen (secondary N) is 2. The van der Waals surface area contributed by atoms with E-state index in [1.165, 1.54) is 0 Å². The summed E-state index contributed by atoms with van der Waals surface area (Å²) in [5.74, 6) is -1.54. The van der Waals surface area contributed by atoms with E-state index in [0.29, 0.717) is 11.1 Å². The van der Waals surface area contributed by atoms with Gasteiger partial charge in [-0.1, -0.05) is 24.3 Å². The number of aliphatic hydroxyl groups excluding tert-OH is 5. The first-order valence-electron chi connectivity index (χ1n) is 17.2. The zero-order chi connectivity index (χ0) is 35.4. The van der Waals surface area contributed by atoms with Crippen LogP contribution < -0.4 is 10.6 Å². The predicted molar refractivity (Wildman–Crippen MR) is 173 cm³/mol. The molecule has 0 bridgehead atoms. The van der Waals surface area contributed by atoms with Crippen LogP contribution in [0.5, 0.6) is 0 Å². The van der Waals surface area contributed by atoms with Gasteiger partial charge in [0.05, 0.1) is 25.4 Å². The summed E-state index contributed by atoms with van der Waals surface area (Å²) in [4.78, 5) is 38.7. The van der Waals surface area contributed by atoms with Gasteiger partial charge >= 0.3 is 5.97 Å². The van der Waals surface area contributed by atoms with Crippen molar-refractivity contribution in [2.45, 2.75) is 93.3 Å². The maximum Gasteiger partial charge on any atom is 0.338 e. The lowest BCUT2D eigenvalue weighted by Crippen LogP contribution is -2.59. The molecule has 2 heterocycles. The molecular formula is C35H46N2O13. The van der Waals surface area contributed by atoms with Gasteiger partial charge in [-0.25, -0.2) is 4.79 Å². The van der Waals surface area contributed by atoms with E-state index in [1.54, 1.807) is 42.5 Å². The third-order valence-corrected chi connectivity index (χ3v) is 9.67. The zero-order valence-corrected chi connectivity index (χ0v) is 27.6. The molecule has 50 heavy (non-hydrogen) atoms. The lowest BCUT2D eigenvalue weighted by atomic mass is 9.91. The van der Waals surface area contributed by atoms with Gasteiger partial charge in [0.2, 0.25) is 11.8 Å². The van der Waals surface area contributed by atoms with Crippen LogP contribution in [0.3, 0.4) is 0 Å². The van der Waals surface area contributed by atoms with Gasteiger partial charge in [-0.15, -0.1) is 0 Å². The number of fused-ring (bicyclic) bond motifs is 1. The highest BCUT2D eigenvalue weighted by molar-refractivity contribution is 5.94. The molecule has 7 N–H and O–H groups in total. The van der Waals surface area contributed by atoms with Crippen LogP contribution in [-0.4, -0.2) is 131 Å². The fourth-order valence-corrected chi connectivity index (χ4v) is 6.77. The first kappa shape index (κ1) is 36.5. The van der Waals surface area contributed by atoms with Crippen LogP contribution >= 0.6 is 0 Å². The van der Waals surface area contributed by atoms with Crippen LogP contribution in [0.25, 0.3) is 6.08 Å². The molecule has 0 spiro atoms. The molecule has 2 amide bonds. The van der Waals surface area contributed by atoms with E-state index in [-0.39, 0.29) is 62.5 Å². The third-order valence-electron chi connectivity index (χ3n) is 9.67. The summed E-state index contributed by atoms with van der Waals surface area (Å²) in [6.45, 7) is -0.568. The average Bonchev–Trinajstić information content (AvgIpc) is 4.06. The minimum atomic E-state index is -1.55. The Morgan fingerprint density at radius 2 is 1.72 bits per heavy atom. The van der Waals surface area contributed by atoms with E-state index in [2.05, 4.69) is 10.6 Å². The van der Waals surface area contributed by atoms with Gasteiger partial charge in [0, 0.05) is 43.3 Å². The number of benzene rings is 1. The maximum atomic E-state index is 13.5. The molecule has 2 saturated carbocycles. The number of esters is 1. The van der Waals surface area contributed by atoms with E-state index >= 15 is 0 Å². The number of hydrogen-bond acceptors (Lipinski definition) is 13. The van der Waals surface area contributed by atoms with Gasteiger partial charge in [0.1, 0.15) is 42.7 Å². The largest absolute Gasteiger partial charge is 0.456 e. The molecule has 5 aliphatic rings. The summed E-state index contributed by atoms with van der Waals surface area (Å²) in [5.41, 5.74) is 1.28. The van der Waals surface area contributed by atoms with E-state index in [4.69, 9.17) is 28.8 Å². The summed E-state index contributed by atoms with van der Waals surface area (Å²) >= 11 is 0. The number of rotatable bonds is 15. The van der Waals surface area contributed by atoms with Crippen molar-refractivity contribution in [3.05, 3.63) is 53.1 Å². The lowest BCUT2D eigenvalue weighted by Gasteiger charge is -2.39. The molecule has 8 atom stereocenters. The minimum Gasteiger partial charge on any atom is -0.456 e. The Morgan fingerprint density at radius 3 is 2.42 bits per heavy atom. The number of hydrogen-bond donors (Lipinski definition) is 7. The highest BCUT2D eigenvalue weighted by Gasteiger charge is 2.64. The molecule has 4 fully saturated rings. The number of ether oxygens (including phenoxy) is 5. The quantitative estimate of drug-likeness (QED) is 0.112. The number of amides is 2. The van der Waals surface area contributed by atoms with Crippen molar-refractivity contribution in [3.8, 4) is 0 Å². The van der Waals surface area contributed by atoms with Gasteiger partial charge in [-0.3, -0.25) is 9.59 Å². The van der Waals surface area contributed by atoms with Crippen molar-refractivity contribution < 1.29 is 63.6 Å². The second kappa shape index (κ2) is 16.0. The monoisotopic (exact) mass is 702 g/mol. The molecule has 2 saturated heterocycles. The highest BCUT2D eigenvalue weighted by atomic mass is 16.8. The van der Waals surface area contributed by atoms with Crippen LogP contribution in [0.2, 0.25) is 0 Å². The van der Waals surface area contributed by atoms with Gasteiger partial charge in [0.25, 0.3) is 0 Å². The maximum absolute atomic E-state index is 13.5. The van der Waals surface area contributed by atoms with Crippen molar-refractivity contribution in [1.29, 1.82) is 0 Å².